The van der Waals surface area contributed by atoms with E-state index >= 15 is 0 Å². The van der Waals surface area contributed by atoms with E-state index < -0.39 is 0 Å². The van der Waals surface area contributed by atoms with Gasteiger partial charge in [-0.1, -0.05) is 18.6 Å². The van der Waals surface area contributed by atoms with Gasteiger partial charge in [0.1, 0.15) is 5.58 Å². The van der Waals surface area contributed by atoms with Gasteiger partial charge in [0.05, 0.1) is 6.61 Å². The number of carbonyl (C=O) groups excluding carboxylic acids is 1. The number of aliphatic hydroxyl groups excluding tert-OH is 1. The van der Waals surface area contributed by atoms with Crippen molar-refractivity contribution in [3.05, 3.63) is 35.1 Å². The highest BCUT2D eigenvalue weighted by Crippen LogP contribution is 2.39. The number of aryl methyl sites for hydroxylation is 2. The maximum absolute atomic E-state index is 12.3. The lowest BCUT2D eigenvalue weighted by atomic mass is 9.69. The summed E-state index contributed by atoms with van der Waals surface area (Å²) in [6, 6.07) is 5.95. The molecular formula is C17H21NO3. The molecule has 0 spiro atoms. The summed E-state index contributed by atoms with van der Waals surface area (Å²) in [6.07, 6.45) is 3.07. The predicted molar refractivity (Wildman–Crippen MR) is 81.4 cm³/mol. The molecule has 1 fully saturated rings. The number of hydrogen-bond acceptors (Lipinski definition) is 3. The van der Waals surface area contributed by atoms with Crippen LogP contribution in [0.2, 0.25) is 0 Å². The molecule has 21 heavy (non-hydrogen) atoms. The fourth-order valence-corrected chi connectivity index (χ4v) is 2.96. The molecule has 4 nitrogen and oxygen atoms in total. The van der Waals surface area contributed by atoms with E-state index in [0.29, 0.717) is 12.3 Å². The summed E-state index contributed by atoms with van der Waals surface area (Å²) in [5, 5.41) is 13.3. The van der Waals surface area contributed by atoms with Crippen LogP contribution in [0.15, 0.2) is 22.6 Å². The number of rotatable bonds is 4. The molecule has 0 unspecified atom stereocenters. The number of hydrogen-bond donors (Lipinski definition) is 2. The second kappa shape index (κ2) is 5.19. The SMILES string of the molecule is Cc1ccc2c(C)c(C(=O)NCC3(CO)CCC3)oc2c1. The molecule has 0 radical (unpaired) electrons. The molecule has 0 bridgehead atoms. The standard InChI is InChI=1S/C17H21NO3/c1-11-4-5-13-12(2)15(21-14(13)8-11)16(20)18-9-17(10-19)6-3-7-17/h4-5,8,19H,3,6-7,9-10H2,1-2H3,(H,18,20). The van der Waals surface area contributed by atoms with E-state index in [-0.39, 0.29) is 17.9 Å². The summed E-state index contributed by atoms with van der Waals surface area (Å²) < 4.78 is 5.72. The zero-order valence-electron chi connectivity index (χ0n) is 12.5. The van der Waals surface area contributed by atoms with Crippen LogP contribution in [-0.4, -0.2) is 24.2 Å². The van der Waals surface area contributed by atoms with Crippen molar-refractivity contribution in [2.75, 3.05) is 13.2 Å². The van der Waals surface area contributed by atoms with Gasteiger partial charge in [-0.2, -0.15) is 0 Å². The minimum atomic E-state index is -0.193. The molecule has 1 aliphatic carbocycles. The second-order valence-electron chi connectivity index (χ2n) is 6.25. The van der Waals surface area contributed by atoms with E-state index in [0.717, 1.165) is 41.4 Å². The summed E-state index contributed by atoms with van der Waals surface area (Å²) in [7, 11) is 0. The monoisotopic (exact) mass is 287 g/mol. The van der Waals surface area contributed by atoms with Crippen molar-refractivity contribution < 1.29 is 14.3 Å². The van der Waals surface area contributed by atoms with Gasteiger partial charge in [0.2, 0.25) is 0 Å². The normalized spacial score (nSPS) is 16.7. The first-order valence-electron chi connectivity index (χ1n) is 7.43. The van der Waals surface area contributed by atoms with E-state index in [9.17, 15) is 9.90 Å². The van der Waals surface area contributed by atoms with Crippen LogP contribution in [0.5, 0.6) is 0 Å². The summed E-state index contributed by atoms with van der Waals surface area (Å²) >= 11 is 0. The Kier molecular flexibility index (Phi) is 3.49. The molecule has 1 aromatic carbocycles. The lowest BCUT2D eigenvalue weighted by Gasteiger charge is -2.40. The number of nitrogens with one attached hydrogen (secondary N) is 1. The minimum Gasteiger partial charge on any atom is -0.451 e. The molecule has 2 aromatic rings. The molecule has 2 N–H and O–H groups in total. The van der Waals surface area contributed by atoms with Crippen LogP contribution in [0.25, 0.3) is 11.0 Å². The summed E-state index contributed by atoms with van der Waals surface area (Å²) in [5.74, 6) is 0.184. The summed E-state index contributed by atoms with van der Waals surface area (Å²) in [6.45, 7) is 4.54. The molecular weight excluding hydrogens is 266 g/mol. The van der Waals surface area contributed by atoms with Crippen molar-refractivity contribution in [1.29, 1.82) is 0 Å². The Labute approximate surface area is 124 Å². The zero-order chi connectivity index (χ0) is 15.0. The highest BCUT2D eigenvalue weighted by Gasteiger charge is 2.36. The molecule has 4 heteroatoms. The lowest BCUT2D eigenvalue weighted by Crippen LogP contribution is -2.44. The first-order chi connectivity index (χ1) is 10.0. The molecule has 1 aliphatic rings. The summed E-state index contributed by atoms with van der Waals surface area (Å²) in [5.41, 5.74) is 2.61. The van der Waals surface area contributed by atoms with Gasteiger partial charge in [0.25, 0.3) is 5.91 Å². The highest BCUT2D eigenvalue weighted by atomic mass is 16.3. The van der Waals surface area contributed by atoms with Gasteiger partial charge in [-0.25, -0.2) is 0 Å². The van der Waals surface area contributed by atoms with E-state index in [1.54, 1.807) is 0 Å². The number of furan rings is 1. The van der Waals surface area contributed by atoms with Crippen LogP contribution < -0.4 is 5.32 Å². The van der Waals surface area contributed by atoms with Crippen molar-refractivity contribution >= 4 is 16.9 Å². The van der Waals surface area contributed by atoms with Crippen molar-refractivity contribution in [2.24, 2.45) is 5.41 Å². The molecule has 1 saturated carbocycles. The molecule has 1 heterocycles. The van der Waals surface area contributed by atoms with Crippen molar-refractivity contribution in [1.82, 2.24) is 5.32 Å². The number of fused-ring (bicyclic) bond motifs is 1. The molecule has 0 atom stereocenters. The smallest absolute Gasteiger partial charge is 0.287 e. The van der Waals surface area contributed by atoms with E-state index in [2.05, 4.69) is 5.32 Å². The van der Waals surface area contributed by atoms with Gasteiger partial charge in [-0.3, -0.25) is 4.79 Å². The largest absolute Gasteiger partial charge is 0.451 e. The maximum atomic E-state index is 12.3. The summed E-state index contributed by atoms with van der Waals surface area (Å²) in [4.78, 5) is 12.3. The Morgan fingerprint density at radius 3 is 2.76 bits per heavy atom. The third kappa shape index (κ3) is 2.44. The van der Waals surface area contributed by atoms with Gasteiger partial charge >= 0.3 is 0 Å². The van der Waals surface area contributed by atoms with Crippen molar-refractivity contribution in [2.45, 2.75) is 33.1 Å². The Hall–Kier alpha value is -1.81. The van der Waals surface area contributed by atoms with Crippen LogP contribution in [-0.2, 0) is 0 Å². The third-order valence-electron chi connectivity index (χ3n) is 4.67. The Morgan fingerprint density at radius 1 is 1.38 bits per heavy atom. The average molecular weight is 287 g/mol. The van der Waals surface area contributed by atoms with E-state index in [1.165, 1.54) is 0 Å². The molecule has 112 valence electrons. The van der Waals surface area contributed by atoms with Gasteiger partial charge in [0, 0.05) is 22.9 Å². The Bertz CT molecular complexity index is 677. The van der Waals surface area contributed by atoms with Gasteiger partial charge in [0.15, 0.2) is 5.76 Å². The fourth-order valence-electron chi connectivity index (χ4n) is 2.96. The third-order valence-corrected chi connectivity index (χ3v) is 4.67. The number of amides is 1. The van der Waals surface area contributed by atoms with Crippen LogP contribution in [0.1, 0.15) is 40.9 Å². The van der Waals surface area contributed by atoms with Crippen LogP contribution in [0.3, 0.4) is 0 Å². The Balaban J connectivity index is 1.80. The molecule has 1 aromatic heterocycles. The van der Waals surface area contributed by atoms with Gasteiger partial charge in [-0.15, -0.1) is 0 Å². The topological polar surface area (TPSA) is 62.5 Å². The number of carbonyl (C=O) groups is 1. The second-order valence-corrected chi connectivity index (χ2v) is 6.25. The molecule has 3 rings (SSSR count). The van der Waals surface area contributed by atoms with E-state index in [1.807, 2.05) is 32.0 Å². The number of benzene rings is 1. The molecule has 1 amide bonds. The van der Waals surface area contributed by atoms with Crippen LogP contribution in [0, 0.1) is 19.3 Å². The van der Waals surface area contributed by atoms with Crippen LogP contribution >= 0.6 is 0 Å². The first-order valence-corrected chi connectivity index (χ1v) is 7.43. The van der Waals surface area contributed by atoms with Crippen molar-refractivity contribution in [3.63, 3.8) is 0 Å². The average Bonchev–Trinajstić information content (AvgIpc) is 2.74. The predicted octanol–water partition coefficient (Wildman–Crippen LogP) is 2.94. The maximum Gasteiger partial charge on any atom is 0.287 e. The zero-order valence-corrected chi connectivity index (χ0v) is 12.5. The quantitative estimate of drug-likeness (QED) is 0.908. The highest BCUT2D eigenvalue weighted by molar-refractivity contribution is 5.99. The Morgan fingerprint density at radius 2 is 2.14 bits per heavy atom. The number of aliphatic hydroxyl groups is 1. The van der Waals surface area contributed by atoms with Crippen LogP contribution in [0.4, 0.5) is 0 Å². The fraction of sp³-hybridized carbons (Fsp3) is 0.471. The van der Waals surface area contributed by atoms with E-state index in [4.69, 9.17) is 4.42 Å². The lowest BCUT2D eigenvalue weighted by molar-refractivity contribution is 0.0424. The van der Waals surface area contributed by atoms with Crippen molar-refractivity contribution in [3.8, 4) is 0 Å². The minimum absolute atomic E-state index is 0.119. The van der Waals surface area contributed by atoms with Gasteiger partial charge in [-0.05, 0) is 38.3 Å². The molecule has 0 saturated heterocycles. The molecule has 0 aliphatic heterocycles. The van der Waals surface area contributed by atoms with Gasteiger partial charge < -0.3 is 14.8 Å². The first kappa shape index (κ1) is 14.1.